The summed E-state index contributed by atoms with van der Waals surface area (Å²) in [5.74, 6) is -1.14. The molecule has 0 unspecified atom stereocenters. The Labute approximate surface area is 158 Å². The van der Waals surface area contributed by atoms with Crippen LogP contribution in [0.5, 0.6) is 0 Å². The van der Waals surface area contributed by atoms with Crippen molar-refractivity contribution < 1.29 is 22.2 Å². The first-order valence-electron chi connectivity index (χ1n) is 7.04. The van der Waals surface area contributed by atoms with Crippen LogP contribution in [0.2, 0.25) is 5.02 Å². The minimum Gasteiger partial charge on any atom is -0.366 e. The van der Waals surface area contributed by atoms with Crippen molar-refractivity contribution in [1.82, 2.24) is 0 Å². The van der Waals surface area contributed by atoms with E-state index >= 15 is 0 Å². The largest absolute Gasteiger partial charge is 0.366 e. The van der Waals surface area contributed by atoms with Gasteiger partial charge in [-0.15, -0.1) is 11.3 Å². The van der Waals surface area contributed by atoms with E-state index in [9.17, 15) is 17.6 Å². The molecule has 1 aromatic heterocycles. The summed E-state index contributed by atoms with van der Waals surface area (Å²) in [6.07, 6.45) is 1.40. The highest BCUT2D eigenvalue weighted by molar-refractivity contribution is 7.88. The van der Waals surface area contributed by atoms with Crippen LogP contribution in [-0.4, -0.2) is 18.9 Å². The van der Waals surface area contributed by atoms with E-state index in [4.69, 9.17) is 21.9 Å². The second-order valence-corrected chi connectivity index (χ2v) is 7.61. The summed E-state index contributed by atoms with van der Waals surface area (Å²) in [5, 5.41) is 3.67. The molecule has 0 aliphatic heterocycles. The lowest BCUT2D eigenvalue weighted by Gasteiger charge is -1.97. The first kappa shape index (κ1) is 20.1. The molecule has 0 saturated heterocycles. The molecule has 5 nitrogen and oxygen atoms in total. The van der Waals surface area contributed by atoms with Crippen LogP contribution in [0, 0.1) is 5.82 Å². The lowest BCUT2D eigenvalue weighted by Crippen LogP contribution is -2.11. The number of rotatable bonds is 3. The molecule has 1 amide bonds. The molecule has 26 heavy (non-hydrogen) atoms. The van der Waals surface area contributed by atoms with E-state index in [1.165, 1.54) is 23.5 Å². The average Bonchev–Trinajstić information content (AvgIpc) is 2.96. The fraction of sp³-hybridized carbons (Fsp3) is 0. The minimum absolute atomic E-state index is 0.0394. The molecule has 0 aliphatic carbocycles. The van der Waals surface area contributed by atoms with Gasteiger partial charge in [-0.25, -0.2) is 4.39 Å². The highest BCUT2D eigenvalue weighted by atomic mass is 35.5. The lowest BCUT2D eigenvalue weighted by molar-refractivity contribution is 0.100. The predicted octanol–water partition coefficient (Wildman–Crippen LogP) is 4.34. The number of benzene rings is 2. The molecule has 0 radical (unpaired) electrons. The Morgan fingerprint density at radius 2 is 1.92 bits per heavy atom. The second kappa shape index (κ2) is 8.41. The van der Waals surface area contributed by atoms with E-state index in [0.717, 1.165) is 33.2 Å². The quantitative estimate of drug-likeness (QED) is 0.624. The van der Waals surface area contributed by atoms with Crippen molar-refractivity contribution in [2.75, 3.05) is 0 Å². The van der Waals surface area contributed by atoms with Crippen LogP contribution < -0.4 is 5.73 Å². The fourth-order valence-corrected chi connectivity index (χ4v) is 3.48. The van der Waals surface area contributed by atoms with Crippen molar-refractivity contribution in [1.29, 1.82) is 0 Å². The van der Waals surface area contributed by atoms with Crippen LogP contribution in [0.1, 0.15) is 15.9 Å². The van der Waals surface area contributed by atoms with Gasteiger partial charge in [0.15, 0.2) is 0 Å². The SMILES string of the molecule is NC(=O)c1ccc(F)cc1Cl.O=S(=O)(O)/C=C/c1csc2ccccc12. The summed E-state index contributed by atoms with van der Waals surface area (Å²) in [4.78, 5) is 10.5. The van der Waals surface area contributed by atoms with Crippen LogP contribution in [0.4, 0.5) is 4.39 Å². The van der Waals surface area contributed by atoms with Gasteiger partial charge in [-0.2, -0.15) is 8.42 Å². The smallest absolute Gasteiger partial charge is 0.287 e. The molecule has 3 N–H and O–H groups in total. The van der Waals surface area contributed by atoms with Crippen molar-refractivity contribution in [2.24, 2.45) is 5.73 Å². The number of hydrogen-bond acceptors (Lipinski definition) is 4. The van der Waals surface area contributed by atoms with E-state index in [-0.39, 0.29) is 10.6 Å². The number of carbonyl (C=O) groups is 1. The maximum absolute atomic E-state index is 12.4. The van der Waals surface area contributed by atoms with Gasteiger partial charge < -0.3 is 5.73 Å². The highest BCUT2D eigenvalue weighted by Gasteiger charge is 2.06. The monoisotopic (exact) mass is 413 g/mol. The Morgan fingerprint density at radius 1 is 1.23 bits per heavy atom. The Kier molecular flexibility index (Phi) is 6.49. The third-order valence-electron chi connectivity index (χ3n) is 3.13. The summed E-state index contributed by atoms with van der Waals surface area (Å²) >= 11 is 7.02. The number of amides is 1. The van der Waals surface area contributed by atoms with Crippen LogP contribution in [-0.2, 0) is 10.1 Å². The Morgan fingerprint density at radius 3 is 2.54 bits per heavy atom. The number of fused-ring (bicyclic) bond motifs is 1. The molecule has 0 aliphatic rings. The summed E-state index contributed by atoms with van der Waals surface area (Å²) < 4.78 is 43.1. The Bertz CT molecular complexity index is 1080. The van der Waals surface area contributed by atoms with Crippen LogP contribution in [0.25, 0.3) is 16.2 Å². The molecular formula is C17H13ClFNO4S2. The first-order chi connectivity index (χ1) is 12.2. The van der Waals surface area contributed by atoms with Crippen LogP contribution >= 0.6 is 22.9 Å². The van der Waals surface area contributed by atoms with E-state index in [2.05, 4.69) is 0 Å². The van der Waals surface area contributed by atoms with Gasteiger partial charge in [0.2, 0.25) is 5.91 Å². The number of halogens is 2. The Balaban J connectivity index is 0.000000197. The van der Waals surface area contributed by atoms with Gasteiger partial charge >= 0.3 is 0 Å². The zero-order valence-corrected chi connectivity index (χ0v) is 15.5. The molecule has 0 atom stereocenters. The van der Waals surface area contributed by atoms with Crippen molar-refractivity contribution in [3.8, 4) is 0 Å². The number of primary amides is 1. The maximum Gasteiger partial charge on any atom is 0.287 e. The average molecular weight is 414 g/mol. The molecule has 0 spiro atoms. The van der Waals surface area contributed by atoms with E-state index in [1.54, 1.807) is 0 Å². The number of thiophene rings is 1. The molecule has 2 aromatic carbocycles. The van der Waals surface area contributed by atoms with E-state index in [1.807, 2.05) is 29.6 Å². The van der Waals surface area contributed by atoms with Gasteiger partial charge in [0.25, 0.3) is 10.1 Å². The summed E-state index contributed by atoms with van der Waals surface area (Å²) in [7, 11) is -4.04. The highest BCUT2D eigenvalue weighted by Crippen LogP contribution is 2.26. The van der Waals surface area contributed by atoms with Crippen LogP contribution in [0.3, 0.4) is 0 Å². The number of carbonyl (C=O) groups excluding carboxylic acids is 1. The fourth-order valence-electron chi connectivity index (χ4n) is 1.98. The standard InChI is InChI=1S/C10H8O3S2.C7H5ClFNO/c11-15(12,13)6-5-8-7-14-10-4-2-1-3-9(8)10;8-6-3-4(9)1-2-5(6)7(10)11/h1-7H,(H,11,12,13);1-3H,(H2,10,11)/b6-5+;. The molecule has 1 heterocycles. The molecule has 3 rings (SSSR count). The van der Waals surface area contributed by atoms with Gasteiger partial charge in [-0.1, -0.05) is 29.8 Å². The zero-order chi connectivity index (χ0) is 19.3. The van der Waals surface area contributed by atoms with Gasteiger partial charge in [-0.3, -0.25) is 9.35 Å². The van der Waals surface area contributed by atoms with Crippen molar-refractivity contribution in [3.05, 3.63) is 75.2 Å². The topological polar surface area (TPSA) is 97.5 Å². The van der Waals surface area contributed by atoms with Crippen molar-refractivity contribution in [2.45, 2.75) is 0 Å². The molecule has 0 fully saturated rings. The first-order valence-corrected chi connectivity index (χ1v) is 9.80. The van der Waals surface area contributed by atoms with E-state index in [0.29, 0.717) is 0 Å². The Hall–Kier alpha value is -2.26. The van der Waals surface area contributed by atoms with E-state index < -0.39 is 21.8 Å². The van der Waals surface area contributed by atoms with Gasteiger partial charge in [0, 0.05) is 4.70 Å². The second-order valence-electron chi connectivity index (χ2n) is 4.99. The number of hydrogen-bond donors (Lipinski definition) is 2. The molecular weight excluding hydrogens is 401 g/mol. The van der Waals surface area contributed by atoms with Crippen molar-refractivity contribution in [3.63, 3.8) is 0 Å². The summed E-state index contributed by atoms with van der Waals surface area (Å²) in [6.45, 7) is 0. The summed E-state index contributed by atoms with van der Waals surface area (Å²) in [5.41, 5.74) is 5.85. The molecule has 3 aromatic rings. The van der Waals surface area contributed by atoms with Gasteiger partial charge in [0.05, 0.1) is 16.0 Å². The normalized spacial score (nSPS) is 11.3. The molecule has 136 valence electrons. The van der Waals surface area contributed by atoms with Crippen molar-refractivity contribution >= 4 is 55.1 Å². The van der Waals surface area contributed by atoms with Crippen LogP contribution in [0.15, 0.2) is 53.3 Å². The van der Waals surface area contributed by atoms with Gasteiger partial charge in [0.1, 0.15) is 5.82 Å². The zero-order valence-electron chi connectivity index (χ0n) is 13.1. The molecule has 0 bridgehead atoms. The molecule has 9 heteroatoms. The third kappa shape index (κ3) is 5.63. The minimum atomic E-state index is -4.04. The third-order valence-corrected chi connectivity index (χ3v) is 4.90. The predicted molar refractivity (Wildman–Crippen MR) is 102 cm³/mol. The summed E-state index contributed by atoms with van der Waals surface area (Å²) in [6, 6.07) is 11.1. The number of nitrogens with two attached hydrogens (primary N) is 1. The maximum atomic E-state index is 12.4. The van der Waals surface area contributed by atoms with Gasteiger partial charge in [-0.05, 0) is 46.7 Å². The molecule has 0 saturated carbocycles. The lowest BCUT2D eigenvalue weighted by atomic mass is 10.2.